The Morgan fingerprint density at radius 1 is 0.727 bits per heavy atom. The summed E-state index contributed by atoms with van der Waals surface area (Å²) in [5.41, 5.74) is 6.93. The smallest absolute Gasteiger partial charge is 0.244 e. The molecule has 0 unspecified atom stereocenters. The SMILES string of the molecule is C/C(CC(=O)Nc1ccc2ccccc2c1)=N/NC(=O)Cc1ccc(-c2ccccc2)cc1. The summed E-state index contributed by atoms with van der Waals surface area (Å²) in [5.74, 6) is -0.408. The molecule has 0 heterocycles. The molecule has 2 N–H and O–H groups in total. The lowest BCUT2D eigenvalue weighted by molar-refractivity contribution is -0.120. The average Bonchev–Trinajstić information content (AvgIpc) is 2.83. The summed E-state index contributed by atoms with van der Waals surface area (Å²) >= 11 is 0. The van der Waals surface area contributed by atoms with Crippen molar-refractivity contribution in [1.29, 1.82) is 0 Å². The molecule has 0 aliphatic carbocycles. The number of nitrogens with one attached hydrogen (secondary N) is 2. The van der Waals surface area contributed by atoms with E-state index in [-0.39, 0.29) is 24.7 Å². The van der Waals surface area contributed by atoms with Gasteiger partial charge in [-0.1, -0.05) is 84.9 Å². The van der Waals surface area contributed by atoms with E-state index in [0.29, 0.717) is 5.71 Å². The van der Waals surface area contributed by atoms with Gasteiger partial charge in [-0.05, 0) is 46.5 Å². The van der Waals surface area contributed by atoms with Gasteiger partial charge in [0.1, 0.15) is 0 Å². The predicted molar refractivity (Wildman–Crippen MR) is 134 cm³/mol. The van der Waals surface area contributed by atoms with E-state index in [1.165, 1.54) is 0 Å². The molecule has 0 aliphatic rings. The van der Waals surface area contributed by atoms with Crippen LogP contribution in [0.15, 0.2) is 102 Å². The Labute approximate surface area is 193 Å². The molecule has 5 nitrogen and oxygen atoms in total. The third-order valence-corrected chi connectivity index (χ3v) is 5.25. The van der Waals surface area contributed by atoms with Gasteiger partial charge in [0, 0.05) is 11.4 Å². The average molecular weight is 436 g/mol. The minimum atomic E-state index is -0.225. The molecule has 2 amide bonds. The Morgan fingerprint density at radius 3 is 2.15 bits per heavy atom. The van der Waals surface area contributed by atoms with Gasteiger partial charge < -0.3 is 5.32 Å². The Morgan fingerprint density at radius 2 is 1.39 bits per heavy atom. The molecule has 0 atom stereocenters. The maximum atomic E-state index is 12.3. The molecule has 0 aromatic heterocycles. The standard InChI is InChI=1S/C28H25N3O2/c1-20(17-27(32)29-26-16-15-23-9-5-6-10-25(23)19-26)30-31-28(33)18-21-11-13-24(14-12-21)22-7-3-2-4-8-22/h2-16,19H,17-18H2,1H3,(H,29,32)(H,31,33)/b30-20-. The van der Waals surface area contributed by atoms with Crippen molar-refractivity contribution >= 4 is 34.0 Å². The summed E-state index contributed by atoms with van der Waals surface area (Å²) in [4.78, 5) is 24.6. The molecule has 0 fully saturated rings. The summed E-state index contributed by atoms with van der Waals surface area (Å²) in [6.07, 6.45) is 0.314. The molecule has 33 heavy (non-hydrogen) atoms. The normalized spacial score (nSPS) is 11.2. The van der Waals surface area contributed by atoms with Gasteiger partial charge in [-0.15, -0.1) is 0 Å². The van der Waals surface area contributed by atoms with Crippen molar-refractivity contribution in [3.63, 3.8) is 0 Å². The van der Waals surface area contributed by atoms with Crippen molar-refractivity contribution in [1.82, 2.24) is 5.43 Å². The molecule has 164 valence electrons. The number of anilines is 1. The Balaban J connectivity index is 1.27. The highest BCUT2D eigenvalue weighted by Gasteiger charge is 2.07. The Bertz CT molecular complexity index is 1300. The minimum Gasteiger partial charge on any atom is -0.326 e. The molecule has 0 aliphatic heterocycles. The Kier molecular flexibility index (Phi) is 6.90. The third-order valence-electron chi connectivity index (χ3n) is 5.25. The highest BCUT2D eigenvalue weighted by atomic mass is 16.2. The predicted octanol–water partition coefficient (Wildman–Crippen LogP) is 5.57. The topological polar surface area (TPSA) is 70.6 Å². The van der Waals surface area contributed by atoms with Crippen LogP contribution in [0.3, 0.4) is 0 Å². The number of fused-ring (bicyclic) bond motifs is 1. The second-order valence-corrected chi connectivity index (χ2v) is 7.91. The fourth-order valence-electron chi connectivity index (χ4n) is 3.57. The van der Waals surface area contributed by atoms with Crippen LogP contribution in [0.25, 0.3) is 21.9 Å². The van der Waals surface area contributed by atoms with Crippen molar-refractivity contribution < 1.29 is 9.59 Å². The maximum Gasteiger partial charge on any atom is 0.244 e. The molecular weight excluding hydrogens is 410 g/mol. The zero-order valence-corrected chi connectivity index (χ0v) is 18.4. The van der Waals surface area contributed by atoms with E-state index in [2.05, 4.69) is 28.0 Å². The fraction of sp³-hybridized carbons (Fsp3) is 0.107. The number of nitrogens with zero attached hydrogens (tertiary/aromatic N) is 1. The zero-order valence-electron chi connectivity index (χ0n) is 18.4. The maximum absolute atomic E-state index is 12.3. The van der Waals surface area contributed by atoms with Gasteiger partial charge >= 0.3 is 0 Å². The number of carbonyl (C=O) groups excluding carboxylic acids is 2. The highest BCUT2D eigenvalue weighted by Crippen LogP contribution is 2.20. The molecule has 0 bridgehead atoms. The summed E-state index contributed by atoms with van der Waals surface area (Å²) in [7, 11) is 0. The van der Waals surface area contributed by atoms with Gasteiger partial charge in [0.15, 0.2) is 0 Å². The number of benzene rings is 4. The van der Waals surface area contributed by atoms with E-state index in [1.807, 2.05) is 84.9 Å². The van der Waals surface area contributed by atoms with Crippen LogP contribution in [-0.4, -0.2) is 17.5 Å². The van der Waals surface area contributed by atoms with Crippen LogP contribution in [0.4, 0.5) is 5.69 Å². The second-order valence-electron chi connectivity index (χ2n) is 7.91. The van der Waals surface area contributed by atoms with Crippen LogP contribution in [0, 0.1) is 0 Å². The van der Waals surface area contributed by atoms with Crippen LogP contribution in [0.1, 0.15) is 18.9 Å². The van der Waals surface area contributed by atoms with Crippen LogP contribution >= 0.6 is 0 Å². The van der Waals surface area contributed by atoms with E-state index in [9.17, 15) is 9.59 Å². The van der Waals surface area contributed by atoms with Crippen LogP contribution in [-0.2, 0) is 16.0 Å². The van der Waals surface area contributed by atoms with Gasteiger partial charge in [0.2, 0.25) is 11.8 Å². The highest BCUT2D eigenvalue weighted by molar-refractivity contribution is 6.06. The summed E-state index contributed by atoms with van der Waals surface area (Å²) in [5, 5.41) is 9.13. The first-order valence-corrected chi connectivity index (χ1v) is 10.8. The second kappa shape index (κ2) is 10.4. The molecule has 4 rings (SSSR count). The van der Waals surface area contributed by atoms with Gasteiger partial charge in [0.05, 0.1) is 12.8 Å². The van der Waals surface area contributed by atoms with Gasteiger partial charge in [-0.25, -0.2) is 5.43 Å². The molecule has 0 spiro atoms. The first kappa shape index (κ1) is 22.0. The number of carbonyl (C=O) groups is 2. The summed E-state index contributed by atoms with van der Waals surface area (Å²) in [6, 6.07) is 31.7. The number of amides is 2. The largest absolute Gasteiger partial charge is 0.326 e. The monoisotopic (exact) mass is 435 g/mol. The number of hydrogen-bond donors (Lipinski definition) is 2. The summed E-state index contributed by atoms with van der Waals surface area (Å²) in [6.45, 7) is 1.72. The molecule has 0 saturated heterocycles. The van der Waals surface area contributed by atoms with Gasteiger partial charge in [-0.3, -0.25) is 9.59 Å². The molecule has 0 saturated carbocycles. The molecule has 4 aromatic rings. The minimum absolute atomic E-state index is 0.0961. The fourth-order valence-corrected chi connectivity index (χ4v) is 3.57. The zero-order chi connectivity index (χ0) is 23.0. The van der Waals surface area contributed by atoms with Crippen molar-refractivity contribution in [3.8, 4) is 11.1 Å². The molecule has 0 radical (unpaired) electrons. The van der Waals surface area contributed by atoms with Crippen molar-refractivity contribution in [2.24, 2.45) is 5.10 Å². The molecular formula is C28H25N3O2. The quantitative estimate of drug-likeness (QED) is 0.294. The number of hydrazone groups is 1. The van der Waals surface area contributed by atoms with Crippen LogP contribution in [0.5, 0.6) is 0 Å². The van der Waals surface area contributed by atoms with Crippen LogP contribution < -0.4 is 10.7 Å². The first-order valence-electron chi connectivity index (χ1n) is 10.8. The molecule has 4 aromatic carbocycles. The number of hydrogen-bond acceptors (Lipinski definition) is 3. The summed E-state index contributed by atoms with van der Waals surface area (Å²) < 4.78 is 0. The molecule has 5 heteroatoms. The van der Waals surface area contributed by atoms with E-state index in [0.717, 1.165) is 33.2 Å². The van der Waals surface area contributed by atoms with E-state index in [1.54, 1.807) is 6.92 Å². The lowest BCUT2D eigenvalue weighted by Crippen LogP contribution is -2.22. The van der Waals surface area contributed by atoms with Gasteiger partial charge in [-0.2, -0.15) is 5.10 Å². The van der Waals surface area contributed by atoms with E-state index < -0.39 is 0 Å². The van der Waals surface area contributed by atoms with Crippen molar-refractivity contribution in [2.45, 2.75) is 19.8 Å². The van der Waals surface area contributed by atoms with Crippen molar-refractivity contribution in [2.75, 3.05) is 5.32 Å². The van der Waals surface area contributed by atoms with E-state index in [4.69, 9.17) is 0 Å². The Hall–Kier alpha value is -4.25. The lowest BCUT2D eigenvalue weighted by atomic mass is 10.0. The number of rotatable bonds is 7. The van der Waals surface area contributed by atoms with Gasteiger partial charge in [0.25, 0.3) is 0 Å². The van der Waals surface area contributed by atoms with Crippen LogP contribution in [0.2, 0.25) is 0 Å². The lowest BCUT2D eigenvalue weighted by Gasteiger charge is -2.07. The van der Waals surface area contributed by atoms with Crippen molar-refractivity contribution in [3.05, 3.63) is 103 Å². The first-order chi connectivity index (χ1) is 16.1. The van der Waals surface area contributed by atoms with E-state index >= 15 is 0 Å². The third kappa shape index (κ3) is 6.14.